The maximum absolute atomic E-state index is 12.3. The summed E-state index contributed by atoms with van der Waals surface area (Å²) in [6.07, 6.45) is 5.01. The van der Waals surface area contributed by atoms with Crippen LogP contribution in [-0.4, -0.2) is 45.1 Å². The standard InChI is InChI=1S/C15H18N4O3/c1-11-17-14(22-18-11)10-21-13-4-8-19(9-5-13)15(20)12-2-6-16-7-3-12/h2-3,6-7,13H,4-5,8-10H2,1H3. The highest BCUT2D eigenvalue weighted by Gasteiger charge is 2.24. The van der Waals surface area contributed by atoms with Crippen LogP contribution in [-0.2, 0) is 11.3 Å². The molecule has 1 saturated heterocycles. The molecule has 0 aromatic carbocycles. The highest BCUT2D eigenvalue weighted by atomic mass is 16.5. The third-order valence-corrected chi connectivity index (χ3v) is 3.67. The second kappa shape index (κ2) is 6.65. The second-order valence-electron chi connectivity index (χ2n) is 5.27. The number of aromatic nitrogens is 3. The summed E-state index contributed by atoms with van der Waals surface area (Å²) in [6, 6.07) is 3.48. The number of rotatable bonds is 4. The molecule has 2 aromatic heterocycles. The van der Waals surface area contributed by atoms with Gasteiger partial charge in [0.05, 0.1) is 6.10 Å². The van der Waals surface area contributed by atoms with Gasteiger partial charge >= 0.3 is 0 Å². The summed E-state index contributed by atoms with van der Waals surface area (Å²) in [6.45, 7) is 3.48. The van der Waals surface area contributed by atoms with Crippen LogP contribution in [0.4, 0.5) is 0 Å². The molecular weight excluding hydrogens is 284 g/mol. The van der Waals surface area contributed by atoms with Crippen molar-refractivity contribution in [1.29, 1.82) is 0 Å². The fourth-order valence-electron chi connectivity index (χ4n) is 2.49. The van der Waals surface area contributed by atoms with Gasteiger partial charge in [-0.05, 0) is 31.9 Å². The second-order valence-corrected chi connectivity index (χ2v) is 5.27. The molecule has 0 N–H and O–H groups in total. The molecule has 2 aromatic rings. The monoisotopic (exact) mass is 302 g/mol. The van der Waals surface area contributed by atoms with Crippen LogP contribution in [0.25, 0.3) is 0 Å². The molecule has 7 nitrogen and oxygen atoms in total. The highest BCUT2D eigenvalue weighted by molar-refractivity contribution is 5.94. The number of carbonyl (C=O) groups is 1. The Balaban J connectivity index is 1.47. The van der Waals surface area contributed by atoms with E-state index in [-0.39, 0.29) is 12.0 Å². The molecule has 1 fully saturated rings. The maximum atomic E-state index is 12.3. The minimum Gasteiger partial charge on any atom is -0.368 e. The molecule has 1 aliphatic rings. The number of hydrogen-bond donors (Lipinski definition) is 0. The summed E-state index contributed by atoms with van der Waals surface area (Å²) in [7, 11) is 0. The van der Waals surface area contributed by atoms with E-state index in [2.05, 4.69) is 15.1 Å². The van der Waals surface area contributed by atoms with Gasteiger partial charge in [0.2, 0.25) is 0 Å². The maximum Gasteiger partial charge on any atom is 0.253 e. The van der Waals surface area contributed by atoms with Crippen molar-refractivity contribution in [3.05, 3.63) is 41.8 Å². The first-order valence-corrected chi connectivity index (χ1v) is 7.32. The van der Waals surface area contributed by atoms with Crippen molar-refractivity contribution in [2.75, 3.05) is 13.1 Å². The summed E-state index contributed by atoms with van der Waals surface area (Å²) in [5, 5.41) is 3.73. The molecule has 116 valence electrons. The van der Waals surface area contributed by atoms with Crippen molar-refractivity contribution >= 4 is 5.91 Å². The minimum atomic E-state index is 0.0494. The zero-order valence-corrected chi connectivity index (χ0v) is 12.4. The Labute approximate surface area is 128 Å². The van der Waals surface area contributed by atoms with E-state index < -0.39 is 0 Å². The van der Waals surface area contributed by atoms with Crippen LogP contribution in [0.1, 0.15) is 34.9 Å². The lowest BCUT2D eigenvalue weighted by atomic mass is 10.1. The van der Waals surface area contributed by atoms with Gasteiger partial charge in [0.1, 0.15) is 6.61 Å². The first kappa shape index (κ1) is 14.6. The Morgan fingerprint density at radius 1 is 1.36 bits per heavy atom. The van der Waals surface area contributed by atoms with Gasteiger partial charge in [-0.2, -0.15) is 4.98 Å². The summed E-state index contributed by atoms with van der Waals surface area (Å²) >= 11 is 0. The number of likely N-dealkylation sites (tertiary alicyclic amines) is 1. The van der Waals surface area contributed by atoms with Gasteiger partial charge < -0.3 is 14.2 Å². The van der Waals surface area contributed by atoms with E-state index in [0.29, 0.717) is 37.0 Å². The summed E-state index contributed by atoms with van der Waals surface area (Å²) in [4.78, 5) is 22.2. The van der Waals surface area contributed by atoms with Crippen molar-refractivity contribution in [3.63, 3.8) is 0 Å². The molecule has 0 spiro atoms. The van der Waals surface area contributed by atoms with Crippen LogP contribution in [0, 0.1) is 6.92 Å². The smallest absolute Gasteiger partial charge is 0.253 e. The number of hydrogen-bond acceptors (Lipinski definition) is 6. The van der Waals surface area contributed by atoms with Crippen LogP contribution in [0.3, 0.4) is 0 Å². The fraction of sp³-hybridized carbons (Fsp3) is 0.467. The third kappa shape index (κ3) is 3.48. The van der Waals surface area contributed by atoms with E-state index in [4.69, 9.17) is 9.26 Å². The summed E-state index contributed by atoms with van der Waals surface area (Å²) in [5.74, 6) is 1.15. The number of carbonyl (C=O) groups excluding carboxylic acids is 1. The Hall–Kier alpha value is -2.28. The fourth-order valence-corrected chi connectivity index (χ4v) is 2.49. The average molecular weight is 302 g/mol. The molecule has 22 heavy (non-hydrogen) atoms. The predicted octanol–water partition coefficient (Wildman–Crippen LogP) is 1.59. The molecule has 0 aliphatic carbocycles. The molecule has 1 amide bonds. The number of aryl methyl sites for hydroxylation is 1. The van der Waals surface area contributed by atoms with Crippen LogP contribution in [0.15, 0.2) is 29.0 Å². The van der Waals surface area contributed by atoms with Gasteiger partial charge in [-0.25, -0.2) is 0 Å². The lowest BCUT2D eigenvalue weighted by molar-refractivity contribution is -0.00978. The van der Waals surface area contributed by atoms with Crippen molar-refractivity contribution < 1.29 is 14.1 Å². The Kier molecular flexibility index (Phi) is 4.43. The topological polar surface area (TPSA) is 81.4 Å². The average Bonchev–Trinajstić information content (AvgIpc) is 2.99. The number of ether oxygens (including phenoxy) is 1. The summed E-state index contributed by atoms with van der Waals surface area (Å²) < 4.78 is 10.8. The third-order valence-electron chi connectivity index (χ3n) is 3.67. The first-order valence-electron chi connectivity index (χ1n) is 7.32. The molecular formula is C15H18N4O3. The first-order chi connectivity index (χ1) is 10.7. The molecule has 0 radical (unpaired) electrons. The Bertz CT molecular complexity index is 621. The zero-order valence-electron chi connectivity index (χ0n) is 12.4. The zero-order chi connectivity index (χ0) is 15.4. The van der Waals surface area contributed by atoms with Crippen LogP contribution < -0.4 is 0 Å². The van der Waals surface area contributed by atoms with Gasteiger partial charge in [-0.15, -0.1) is 0 Å². The van der Waals surface area contributed by atoms with Crippen molar-refractivity contribution in [3.8, 4) is 0 Å². The molecule has 0 bridgehead atoms. The van der Waals surface area contributed by atoms with E-state index >= 15 is 0 Å². The van der Waals surface area contributed by atoms with Crippen molar-refractivity contribution in [1.82, 2.24) is 20.0 Å². The SMILES string of the molecule is Cc1noc(COC2CCN(C(=O)c3ccncc3)CC2)n1. The Morgan fingerprint density at radius 2 is 2.09 bits per heavy atom. The van der Waals surface area contributed by atoms with Gasteiger partial charge in [0.25, 0.3) is 11.8 Å². The molecule has 3 rings (SSSR count). The van der Waals surface area contributed by atoms with Gasteiger partial charge in [0, 0.05) is 31.0 Å². The minimum absolute atomic E-state index is 0.0494. The molecule has 0 atom stereocenters. The van der Waals surface area contributed by atoms with E-state index in [1.165, 1.54) is 0 Å². The lowest BCUT2D eigenvalue weighted by Gasteiger charge is -2.31. The number of nitrogens with zero attached hydrogens (tertiary/aromatic N) is 4. The number of pyridine rings is 1. The quantitative estimate of drug-likeness (QED) is 0.853. The lowest BCUT2D eigenvalue weighted by Crippen LogP contribution is -2.40. The molecule has 0 saturated carbocycles. The van der Waals surface area contributed by atoms with Gasteiger partial charge in [-0.3, -0.25) is 9.78 Å². The Morgan fingerprint density at radius 3 is 2.73 bits per heavy atom. The number of piperidine rings is 1. The molecule has 0 unspecified atom stereocenters. The predicted molar refractivity (Wildman–Crippen MR) is 77.0 cm³/mol. The van der Waals surface area contributed by atoms with Crippen LogP contribution in [0.5, 0.6) is 0 Å². The van der Waals surface area contributed by atoms with Crippen molar-refractivity contribution in [2.45, 2.75) is 32.5 Å². The summed E-state index contributed by atoms with van der Waals surface area (Å²) in [5.41, 5.74) is 0.677. The normalized spacial score (nSPS) is 16.0. The largest absolute Gasteiger partial charge is 0.368 e. The van der Waals surface area contributed by atoms with Gasteiger partial charge in [-0.1, -0.05) is 5.16 Å². The van der Waals surface area contributed by atoms with E-state index in [9.17, 15) is 4.79 Å². The molecule has 1 aliphatic heterocycles. The molecule has 3 heterocycles. The van der Waals surface area contributed by atoms with E-state index in [0.717, 1.165) is 12.8 Å². The number of amides is 1. The van der Waals surface area contributed by atoms with Gasteiger partial charge in [0.15, 0.2) is 5.82 Å². The van der Waals surface area contributed by atoms with Crippen LogP contribution in [0.2, 0.25) is 0 Å². The van der Waals surface area contributed by atoms with Crippen LogP contribution >= 0.6 is 0 Å². The van der Waals surface area contributed by atoms with Crippen molar-refractivity contribution in [2.24, 2.45) is 0 Å². The van der Waals surface area contributed by atoms with E-state index in [1.54, 1.807) is 31.5 Å². The molecule has 7 heteroatoms. The van der Waals surface area contributed by atoms with E-state index in [1.807, 2.05) is 4.90 Å². The highest BCUT2D eigenvalue weighted by Crippen LogP contribution is 2.17.